The molecule has 0 saturated carbocycles. The molecule has 9 nitrogen and oxygen atoms in total. The molecule has 2 heterocycles. The Bertz CT molecular complexity index is 718. The molecule has 0 aromatic carbocycles. The summed E-state index contributed by atoms with van der Waals surface area (Å²) in [6.07, 6.45) is 3.91. The zero-order valence-electron chi connectivity index (χ0n) is 10.8. The Morgan fingerprint density at radius 2 is 2.25 bits per heavy atom. The van der Waals surface area contributed by atoms with Crippen LogP contribution in [0.5, 0.6) is 0 Å². The predicted octanol–water partition coefficient (Wildman–Crippen LogP) is -0.112. The highest BCUT2D eigenvalue weighted by Gasteiger charge is 2.19. The lowest BCUT2D eigenvalue weighted by atomic mass is 10.5. The minimum absolute atomic E-state index is 0.0539. The number of H-pyrrole nitrogens is 1. The third-order valence-corrected chi connectivity index (χ3v) is 3.97. The first-order valence-electron chi connectivity index (χ1n) is 5.54. The van der Waals surface area contributed by atoms with Crippen molar-refractivity contribution < 1.29 is 17.9 Å². The van der Waals surface area contributed by atoms with Crippen molar-refractivity contribution in [3.63, 3.8) is 0 Å². The standard InChI is InChI=1S/C10H13N5O4S/c1-7-9(4-11-13-7)20(17,18)14-8-3-12-15(5-8)6-10(16)19-2/h3-5,14H,6H2,1-2H3,(H,11,13). The number of carbonyl (C=O) groups is 1. The van der Waals surface area contributed by atoms with Crippen LogP contribution in [0.2, 0.25) is 0 Å². The Morgan fingerprint density at radius 3 is 2.85 bits per heavy atom. The summed E-state index contributed by atoms with van der Waals surface area (Å²) in [6, 6.07) is 0. The fourth-order valence-electron chi connectivity index (χ4n) is 1.52. The highest BCUT2D eigenvalue weighted by Crippen LogP contribution is 2.16. The number of anilines is 1. The molecule has 108 valence electrons. The van der Waals surface area contributed by atoms with E-state index in [1.165, 1.54) is 30.4 Å². The number of aromatic nitrogens is 4. The van der Waals surface area contributed by atoms with Crippen LogP contribution in [0.25, 0.3) is 0 Å². The Hall–Kier alpha value is -2.36. The number of nitrogens with zero attached hydrogens (tertiary/aromatic N) is 3. The number of methoxy groups -OCH3 is 1. The van der Waals surface area contributed by atoms with Crippen LogP contribution in [-0.2, 0) is 26.1 Å². The fourth-order valence-corrected chi connectivity index (χ4v) is 2.69. The van der Waals surface area contributed by atoms with Gasteiger partial charge in [0.05, 0.1) is 30.9 Å². The molecular formula is C10H13N5O4S. The summed E-state index contributed by atoms with van der Waals surface area (Å²) >= 11 is 0. The zero-order valence-corrected chi connectivity index (χ0v) is 11.6. The SMILES string of the molecule is COC(=O)Cn1cc(NS(=O)(=O)c2cn[nH]c2C)cn1. The fraction of sp³-hybridized carbons (Fsp3) is 0.300. The molecule has 20 heavy (non-hydrogen) atoms. The molecule has 0 spiro atoms. The number of nitrogens with one attached hydrogen (secondary N) is 2. The molecule has 2 N–H and O–H groups in total. The summed E-state index contributed by atoms with van der Waals surface area (Å²) in [5, 5.41) is 10.1. The highest BCUT2D eigenvalue weighted by molar-refractivity contribution is 7.92. The lowest BCUT2D eigenvalue weighted by molar-refractivity contribution is -0.141. The first kappa shape index (κ1) is 14.1. The van der Waals surface area contributed by atoms with Gasteiger partial charge in [-0.3, -0.25) is 19.3 Å². The Balaban J connectivity index is 2.15. The number of hydrogen-bond acceptors (Lipinski definition) is 6. The molecule has 0 radical (unpaired) electrons. The summed E-state index contributed by atoms with van der Waals surface area (Å²) in [7, 11) is -2.47. The van der Waals surface area contributed by atoms with Crippen molar-refractivity contribution >= 4 is 21.7 Å². The molecule has 0 aliphatic heterocycles. The molecule has 0 fully saturated rings. The number of rotatable bonds is 5. The van der Waals surface area contributed by atoms with Crippen LogP contribution in [0.15, 0.2) is 23.5 Å². The summed E-state index contributed by atoms with van der Waals surface area (Å²) in [4.78, 5) is 11.1. The molecule has 0 saturated heterocycles. The number of aromatic amines is 1. The van der Waals surface area contributed by atoms with Gasteiger partial charge in [-0.25, -0.2) is 8.42 Å². The van der Waals surface area contributed by atoms with E-state index >= 15 is 0 Å². The lowest BCUT2D eigenvalue weighted by Gasteiger charge is -2.04. The van der Waals surface area contributed by atoms with Gasteiger partial charge in [0.15, 0.2) is 0 Å². The number of hydrogen-bond donors (Lipinski definition) is 2. The molecule has 10 heteroatoms. The van der Waals surface area contributed by atoms with Crippen molar-refractivity contribution in [1.82, 2.24) is 20.0 Å². The first-order valence-corrected chi connectivity index (χ1v) is 7.03. The van der Waals surface area contributed by atoms with Crippen molar-refractivity contribution in [2.24, 2.45) is 0 Å². The van der Waals surface area contributed by atoms with E-state index in [-0.39, 0.29) is 17.1 Å². The second-order valence-electron chi connectivity index (χ2n) is 3.97. The predicted molar refractivity (Wildman–Crippen MR) is 68.4 cm³/mol. The number of esters is 1. The van der Waals surface area contributed by atoms with E-state index in [9.17, 15) is 13.2 Å². The van der Waals surface area contributed by atoms with Crippen LogP contribution < -0.4 is 4.72 Å². The van der Waals surface area contributed by atoms with Gasteiger partial charge in [-0.15, -0.1) is 0 Å². The van der Waals surface area contributed by atoms with Gasteiger partial charge >= 0.3 is 5.97 Å². The van der Waals surface area contributed by atoms with Crippen LogP contribution in [-0.4, -0.2) is 41.5 Å². The molecule has 2 rings (SSSR count). The second kappa shape index (κ2) is 5.33. The van der Waals surface area contributed by atoms with Gasteiger partial charge in [-0.1, -0.05) is 0 Å². The van der Waals surface area contributed by atoms with Gasteiger partial charge in [-0.2, -0.15) is 10.2 Å². The molecule has 0 unspecified atom stereocenters. The molecule has 0 atom stereocenters. The number of aryl methyl sites for hydroxylation is 1. The van der Waals surface area contributed by atoms with Crippen molar-refractivity contribution in [2.45, 2.75) is 18.4 Å². The molecule has 0 amide bonds. The van der Waals surface area contributed by atoms with Gasteiger partial charge in [0, 0.05) is 6.20 Å². The van der Waals surface area contributed by atoms with E-state index < -0.39 is 16.0 Å². The highest BCUT2D eigenvalue weighted by atomic mass is 32.2. The third-order valence-electron chi connectivity index (χ3n) is 2.48. The van der Waals surface area contributed by atoms with E-state index in [0.29, 0.717) is 5.69 Å². The van der Waals surface area contributed by atoms with Crippen molar-refractivity contribution in [3.05, 3.63) is 24.3 Å². The maximum absolute atomic E-state index is 12.1. The minimum atomic E-state index is -3.73. The van der Waals surface area contributed by atoms with Gasteiger partial charge in [0.25, 0.3) is 10.0 Å². The van der Waals surface area contributed by atoms with E-state index in [2.05, 4.69) is 24.8 Å². The summed E-state index contributed by atoms with van der Waals surface area (Å²) in [5.41, 5.74) is 0.675. The maximum Gasteiger partial charge on any atom is 0.327 e. The average Bonchev–Trinajstić information content (AvgIpc) is 2.98. The summed E-state index contributed by atoms with van der Waals surface area (Å²) in [5.74, 6) is -0.479. The van der Waals surface area contributed by atoms with Crippen LogP contribution in [0.4, 0.5) is 5.69 Å². The summed E-state index contributed by atoms with van der Waals surface area (Å²) in [6.45, 7) is 1.51. The normalized spacial score (nSPS) is 11.3. The third kappa shape index (κ3) is 2.96. The summed E-state index contributed by atoms with van der Waals surface area (Å²) < 4.78 is 32.3. The van der Waals surface area contributed by atoms with E-state index in [0.717, 1.165) is 0 Å². The molecule has 0 aliphatic carbocycles. The molecule has 2 aromatic rings. The number of ether oxygens (including phenoxy) is 1. The Kier molecular flexibility index (Phi) is 3.74. The minimum Gasteiger partial charge on any atom is -0.468 e. The lowest BCUT2D eigenvalue weighted by Crippen LogP contribution is -2.13. The van der Waals surface area contributed by atoms with Gasteiger partial charge in [0.2, 0.25) is 0 Å². The maximum atomic E-state index is 12.1. The molecule has 0 bridgehead atoms. The van der Waals surface area contributed by atoms with Crippen LogP contribution in [0, 0.1) is 6.92 Å². The molecule has 0 aliphatic rings. The van der Waals surface area contributed by atoms with E-state index in [4.69, 9.17) is 0 Å². The molecular weight excluding hydrogens is 286 g/mol. The van der Waals surface area contributed by atoms with Crippen LogP contribution >= 0.6 is 0 Å². The largest absolute Gasteiger partial charge is 0.468 e. The van der Waals surface area contributed by atoms with Gasteiger partial charge < -0.3 is 4.74 Å². The smallest absolute Gasteiger partial charge is 0.327 e. The van der Waals surface area contributed by atoms with Crippen molar-refractivity contribution in [2.75, 3.05) is 11.8 Å². The Morgan fingerprint density at radius 1 is 1.50 bits per heavy atom. The second-order valence-corrected chi connectivity index (χ2v) is 5.62. The quantitative estimate of drug-likeness (QED) is 0.743. The Labute approximate surface area is 115 Å². The van der Waals surface area contributed by atoms with Gasteiger partial charge in [0.1, 0.15) is 11.4 Å². The van der Waals surface area contributed by atoms with E-state index in [1.54, 1.807) is 6.92 Å². The van der Waals surface area contributed by atoms with E-state index in [1.807, 2.05) is 0 Å². The van der Waals surface area contributed by atoms with Gasteiger partial charge in [-0.05, 0) is 6.92 Å². The van der Waals surface area contributed by atoms with Crippen LogP contribution in [0.3, 0.4) is 0 Å². The van der Waals surface area contributed by atoms with Crippen molar-refractivity contribution in [3.8, 4) is 0 Å². The zero-order chi connectivity index (χ0) is 14.8. The number of sulfonamides is 1. The topological polar surface area (TPSA) is 119 Å². The average molecular weight is 299 g/mol. The van der Waals surface area contributed by atoms with Crippen molar-refractivity contribution in [1.29, 1.82) is 0 Å². The number of carbonyl (C=O) groups excluding carboxylic acids is 1. The van der Waals surface area contributed by atoms with Crippen LogP contribution in [0.1, 0.15) is 5.69 Å². The monoisotopic (exact) mass is 299 g/mol. The molecule has 2 aromatic heterocycles. The first-order chi connectivity index (χ1) is 9.42.